The number of para-hydroxylation sites is 1. The Hall–Kier alpha value is -3.69. The predicted octanol–water partition coefficient (Wildman–Crippen LogP) is 3.03. The lowest BCUT2D eigenvalue weighted by atomic mass is 10.2. The third-order valence-corrected chi connectivity index (χ3v) is 5.16. The third-order valence-electron chi connectivity index (χ3n) is 5.16. The Balaban J connectivity index is 1.69. The molecule has 152 valence electrons. The molecule has 1 N–H and O–H groups in total. The normalized spacial score (nSPS) is 16.6. The van der Waals surface area contributed by atoms with Crippen LogP contribution < -0.4 is 4.90 Å². The molecular weight excluding hydrogens is 394 g/mol. The molecule has 0 spiro atoms. The summed E-state index contributed by atoms with van der Waals surface area (Å²) in [5.41, 5.74) is 1.75. The highest BCUT2D eigenvalue weighted by Gasteiger charge is 2.26. The van der Waals surface area contributed by atoms with Gasteiger partial charge in [-0.2, -0.15) is 0 Å². The molecule has 1 aromatic carbocycles. The van der Waals surface area contributed by atoms with Crippen LogP contribution in [0.15, 0.2) is 30.5 Å². The lowest BCUT2D eigenvalue weighted by Crippen LogP contribution is -2.22. The van der Waals surface area contributed by atoms with Crippen LogP contribution >= 0.6 is 0 Å². The molecule has 4 heterocycles. The molecule has 0 bridgehead atoms. The van der Waals surface area contributed by atoms with Gasteiger partial charge in [0.15, 0.2) is 17.3 Å². The van der Waals surface area contributed by atoms with Gasteiger partial charge < -0.3 is 10.0 Å². The van der Waals surface area contributed by atoms with E-state index in [1.165, 1.54) is 22.8 Å². The van der Waals surface area contributed by atoms with Gasteiger partial charge in [0.2, 0.25) is 0 Å². The van der Waals surface area contributed by atoms with Gasteiger partial charge >= 0.3 is 5.97 Å². The molecule has 1 fully saturated rings. The quantitative estimate of drug-likeness (QED) is 0.555. The fraction of sp³-hybridized carbons (Fsp3) is 0.250. The number of aromatic nitrogens is 5. The van der Waals surface area contributed by atoms with Crippen molar-refractivity contribution in [3.8, 4) is 11.4 Å². The maximum Gasteiger partial charge on any atom is 0.339 e. The Kier molecular flexibility index (Phi) is 4.09. The number of nitrogens with zero attached hydrogens (tertiary/aromatic N) is 6. The van der Waals surface area contributed by atoms with E-state index in [2.05, 4.69) is 20.1 Å². The second-order valence-corrected chi connectivity index (χ2v) is 7.21. The number of fused-ring (bicyclic) bond motifs is 2. The number of rotatable bonds is 3. The van der Waals surface area contributed by atoms with Crippen LogP contribution in [0.3, 0.4) is 0 Å². The zero-order valence-corrected chi connectivity index (χ0v) is 15.9. The van der Waals surface area contributed by atoms with Gasteiger partial charge in [-0.05, 0) is 25.5 Å². The van der Waals surface area contributed by atoms with Crippen LogP contribution in [0.25, 0.3) is 28.1 Å². The Morgan fingerprint density at radius 1 is 1.27 bits per heavy atom. The number of hydrogen-bond donors (Lipinski definition) is 1. The van der Waals surface area contributed by atoms with Gasteiger partial charge in [-0.1, -0.05) is 6.07 Å². The molecule has 30 heavy (non-hydrogen) atoms. The molecule has 0 radical (unpaired) electrons. The van der Waals surface area contributed by atoms with E-state index < -0.39 is 18.0 Å². The van der Waals surface area contributed by atoms with Crippen molar-refractivity contribution in [1.29, 1.82) is 0 Å². The maximum atomic E-state index is 14.2. The van der Waals surface area contributed by atoms with Crippen molar-refractivity contribution in [3.63, 3.8) is 0 Å². The van der Waals surface area contributed by atoms with Crippen molar-refractivity contribution in [2.75, 3.05) is 18.0 Å². The van der Waals surface area contributed by atoms with Crippen LogP contribution in [0, 0.1) is 12.7 Å². The minimum Gasteiger partial charge on any atom is -0.478 e. The number of anilines is 1. The summed E-state index contributed by atoms with van der Waals surface area (Å²) >= 11 is 0. The fourth-order valence-electron chi connectivity index (χ4n) is 3.69. The topological polar surface area (TPSA) is 96.5 Å². The van der Waals surface area contributed by atoms with E-state index in [-0.39, 0.29) is 23.3 Å². The number of alkyl halides is 1. The maximum absolute atomic E-state index is 14.2. The van der Waals surface area contributed by atoms with Crippen LogP contribution in [-0.4, -0.2) is 54.9 Å². The van der Waals surface area contributed by atoms with Crippen molar-refractivity contribution in [2.24, 2.45) is 0 Å². The summed E-state index contributed by atoms with van der Waals surface area (Å²) in [7, 11) is 0. The van der Waals surface area contributed by atoms with E-state index in [9.17, 15) is 18.7 Å². The summed E-state index contributed by atoms with van der Waals surface area (Å²) in [5, 5.41) is 14.1. The highest BCUT2D eigenvalue weighted by molar-refractivity contribution is 5.95. The van der Waals surface area contributed by atoms with E-state index in [0.29, 0.717) is 41.4 Å². The Morgan fingerprint density at radius 3 is 2.83 bits per heavy atom. The number of aromatic carboxylic acids is 1. The van der Waals surface area contributed by atoms with Gasteiger partial charge in [0.05, 0.1) is 24.0 Å². The molecule has 1 aliphatic heterocycles. The fourth-order valence-corrected chi connectivity index (χ4v) is 3.69. The first-order chi connectivity index (χ1) is 14.4. The van der Waals surface area contributed by atoms with Gasteiger partial charge in [0.25, 0.3) is 0 Å². The van der Waals surface area contributed by atoms with Crippen LogP contribution in [0.4, 0.5) is 14.6 Å². The molecule has 4 aromatic rings. The van der Waals surface area contributed by atoms with Crippen molar-refractivity contribution in [2.45, 2.75) is 19.5 Å². The summed E-state index contributed by atoms with van der Waals surface area (Å²) in [5.74, 6) is -1.33. The molecule has 1 aliphatic rings. The van der Waals surface area contributed by atoms with Gasteiger partial charge in [0, 0.05) is 12.6 Å². The summed E-state index contributed by atoms with van der Waals surface area (Å²) in [6, 6.07) is 5.91. The molecule has 3 aromatic heterocycles. The highest BCUT2D eigenvalue weighted by Crippen LogP contribution is 2.27. The average molecular weight is 410 g/mol. The summed E-state index contributed by atoms with van der Waals surface area (Å²) in [4.78, 5) is 26.7. The second-order valence-electron chi connectivity index (χ2n) is 7.21. The summed E-state index contributed by atoms with van der Waals surface area (Å²) in [6.07, 6.45) is 0.923. The SMILES string of the molecule is Cc1nc2cccc(F)c2nc1-c1cn2nc(N3CC[C@@H](F)C3)cc(C(=O)O)c2n1. The largest absolute Gasteiger partial charge is 0.478 e. The van der Waals surface area contributed by atoms with Gasteiger partial charge in [-0.15, -0.1) is 5.10 Å². The Bertz CT molecular complexity index is 1320. The Labute approximate surface area is 168 Å². The first-order valence-electron chi connectivity index (χ1n) is 9.36. The lowest BCUT2D eigenvalue weighted by Gasteiger charge is -2.16. The number of halogens is 2. The first kappa shape index (κ1) is 18.3. The highest BCUT2D eigenvalue weighted by atomic mass is 19.1. The minimum atomic E-state index is -1.18. The molecule has 5 rings (SSSR count). The van der Waals surface area contributed by atoms with E-state index in [4.69, 9.17) is 0 Å². The van der Waals surface area contributed by atoms with Crippen molar-refractivity contribution in [1.82, 2.24) is 24.6 Å². The molecule has 0 saturated carbocycles. The molecule has 1 saturated heterocycles. The van der Waals surface area contributed by atoms with Gasteiger partial charge in [-0.25, -0.2) is 33.0 Å². The van der Waals surface area contributed by atoms with E-state index >= 15 is 0 Å². The second kappa shape index (κ2) is 6.68. The van der Waals surface area contributed by atoms with Crippen LogP contribution in [0.1, 0.15) is 22.5 Å². The van der Waals surface area contributed by atoms with Gasteiger partial charge in [0.1, 0.15) is 28.6 Å². The standard InChI is InChI=1S/C20H16F2N6O2/c1-10-17(25-18-13(22)3-2-4-14(18)23-10)15-9-28-19(24-15)12(20(29)30)7-16(26-28)27-6-5-11(21)8-27/h2-4,7,9,11H,5-6,8H2,1H3,(H,29,30)/t11-/m1/s1. The smallest absolute Gasteiger partial charge is 0.339 e. The van der Waals surface area contributed by atoms with Crippen LogP contribution in [-0.2, 0) is 0 Å². The Morgan fingerprint density at radius 2 is 2.10 bits per heavy atom. The average Bonchev–Trinajstić information content (AvgIpc) is 3.32. The molecule has 0 unspecified atom stereocenters. The first-order valence-corrected chi connectivity index (χ1v) is 9.36. The number of benzene rings is 1. The number of carboxylic acids is 1. The van der Waals surface area contributed by atoms with E-state index in [0.717, 1.165) is 0 Å². The monoisotopic (exact) mass is 410 g/mol. The molecule has 0 amide bonds. The van der Waals surface area contributed by atoms with Crippen molar-refractivity contribution >= 4 is 28.5 Å². The number of hydrogen-bond acceptors (Lipinski definition) is 6. The zero-order chi connectivity index (χ0) is 21.0. The number of carboxylic acid groups (broad SMARTS) is 1. The number of imidazole rings is 1. The summed E-state index contributed by atoms with van der Waals surface area (Å²) in [6.45, 7) is 2.34. The zero-order valence-electron chi connectivity index (χ0n) is 15.9. The summed E-state index contributed by atoms with van der Waals surface area (Å²) < 4.78 is 29.1. The van der Waals surface area contributed by atoms with Gasteiger partial charge in [-0.3, -0.25) is 0 Å². The van der Waals surface area contributed by atoms with Crippen molar-refractivity contribution in [3.05, 3.63) is 47.5 Å². The minimum absolute atomic E-state index is 0.0638. The van der Waals surface area contributed by atoms with Crippen LogP contribution in [0.5, 0.6) is 0 Å². The third kappa shape index (κ3) is 2.92. The van der Waals surface area contributed by atoms with E-state index in [1.807, 2.05) is 0 Å². The molecule has 8 nitrogen and oxygen atoms in total. The molecule has 0 aliphatic carbocycles. The number of carbonyl (C=O) groups is 1. The van der Waals surface area contributed by atoms with E-state index in [1.54, 1.807) is 24.0 Å². The van der Waals surface area contributed by atoms with Crippen molar-refractivity contribution < 1.29 is 18.7 Å². The van der Waals surface area contributed by atoms with Crippen LogP contribution in [0.2, 0.25) is 0 Å². The molecular formula is C20H16F2N6O2. The predicted molar refractivity (Wildman–Crippen MR) is 105 cm³/mol. The lowest BCUT2D eigenvalue weighted by molar-refractivity contribution is 0.0698. The molecule has 1 atom stereocenters. The number of aryl methyl sites for hydroxylation is 1. The molecule has 10 heteroatoms.